The maximum atomic E-state index is 10.9. The Morgan fingerprint density at radius 3 is 2.58 bits per heavy atom. The Labute approximate surface area is 76.6 Å². The Morgan fingerprint density at radius 2 is 2.17 bits per heavy atom. The average molecular weight is 184 g/mol. The molecule has 12 heavy (non-hydrogen) atoms. The summed E-state index contributed by atoms with van der Waals surface area (Å²) in [7, 11) is 0. The monoisotopic (exact) mass is 183 g/mol. The third-order valence-electron chi connectivity index (χ3n) is 1.79. The largest absolute Gasteiger partial charge is 0.281 e. The van der Waals surface area contributed by atoms with Gasteiger partial charge in [-0.15, -0.1) is 0 Å². The number of rotatable bonds is 3. The molecule has 1 aromatic heterocycles. The maximum absolute atomic E-state index is 10.9. The molecular weight excluding hydrogens is 174 g/mol. The molecule has 0 saturated heterocycles. The minimum atomic E-state index is -0.302. The molecule has 0 aliphatic rings. The lowest BCUT2D eigenvalue weighted by Gasteiger charge is -2.08. The van der Waals surface area contributed by atoms with Crippen molar-refractivity contribution in [3.8, 4) is 0 Å². The number of carbonyl (C=O) groups is 1. The molecule has 3 heteroatoms. The number of hydrogen-bond donors (Lipinski definition) is 0. The van der Waals surface area contributed by atoms with Crippen LogP contribution in [0.15, 0.2) is 24.5 Å². The molecule has 0 saturated carbocycles. The molecule has 64 valence electrons. The highest BCUT2D eigenvalue weighted by atomic mass is 35.5. The van der Waals surface area contributed by atoms with E-state index >= 15 is 0 Å². The summed E-state index contributed by atoms with van der Waals surface area (Å²) < 4.78 is 0. The van der Waals surface area contributed by atoms with Crippen LogP contribution in [0.4, 0.5) is 0 Å². The highest BCUT2D eigenvalue weighted by molar-refractivity contribution is 6.64. The molecule has 2 nitrogen and oxygen atoms in total. The smallest absolute Gasteiger partial charge is 0.229 e. The molecule has 0 bridgehead atoms. The van der Waals surface area contributed by atoms with Gasteiger partial charge in [-0.05, 0) is 35.7 Å². The zero-order valence-corrected chi connectivity index (χ0v) is 7.58. The molecule has 1 rings (SSSR count). The van der Waals surface area contributed by atoms with E-state index in [0.717, 1.165) is 12.0 Å². The molecule has 1 atom stereocenters. The van der Waals surface area contributed by atoms with Crippen molar-refractivity contribution in [1.82, 2.24) is 4.98 Å². The molecule has 1 unspecified atom stereocenters. The summed E-state index contributed by atoms with van der Waals surface area (Å²) in [5.41, 5.74) is 0.938. The van der Waals surface area contributed by atoms with Crippen LogP contribution in [-0.2, 0) is 4.79 Å². The van der Waals surface area contributed by atoms with Crippen molar-refractivity contribution in [2.75, 3.05) is 0 Å². The summed E-state index contributed by atoms with van der Waals surface area (Å²) in [5.74, 6) is -0.185. The van der Waals surface area contributed by atoms with Crippen LogP contribution in [0, 0.1) is 0 Å². The number of nitrogens with zero attached hydrogens (tertiary/aromatic N) is 1. The van der Waals surface area contributed by atoms with Gasteiger partial charge in [-0.1, -0.05) is 6.92 Å². The Morgan fingerprint density at radius 1 is 1.58 bits per heavy atom. The van der Waals surface area contributed by atoms with E-state index in [1.54, 1.807) is 12.4 Å². The van der Waals surface area contributed by atoms with E-state index < -0.39 is 0 Å². The molecule has 0 spiro atoms. The molecule has 0 aromatic carbocycles. The van der Waals surface area contributed by atoms with Crippen LogP contribution < -0.4 is 0 Å². The Hall–Kier alpha value is -0.890. The quantitative estimate of drug-likeness (QED) is 0.674. The average Bonchev–Trinajstić information content (AvgIpc) is 2.07. The van der Waals surface area contributed by atoms with Crippen LogP contribution in [0.1, 0.15) is 24.8 Å². The fourth-order valence-corrected chi connectivity index (χ4v) is 1.40. The van der Waals surface area contributed by atoms with Crippen LogP contribution >= 0.6 is 11.6 Å². The van der Waals surface area contributed by atoms with Gasteiger partial charge in [0.05, 0.1) is 5.92 Å². The van der Waals surface area contributed by atoms with Crippen LogP contribution in [0.25, 0.3) is 0 Å². The topological polar surface area (TPSA) is 30.0 Å². The van der Waals surface area contributed by atoms with Gasteiger partial charge in [-0.25, -0.2) is 0 Å². The summed E-state index contributed by atoms with van der Waals surface area (Å²) in [6, 6.07) is 3.63. The van der Waals surface area contributed by atoms with Gasteiger partial charge in [0.25, 0.3) is 0 Å². The lowest BCUT2D eigenvalue weighted by molar-refractivity contribution is -0.113. The molecule has 1 heterocycles. The van der Waals surface area contributed by atoms with Gasteiger partial charge < -0.3 is 0 Å². The van der Waals surface area contributed by atoms with Crippen molar-refractivity contribution in [1.29, 1.82) is 0 Å². The van der Waals surface area contributed by atoms with E-state index in [2.05, 4.69) is 4.98 Å². The molecule has 1 aromatic rings. The van der Waals surface area contributed by atoms with E-state index in [1.807, 2.05) is 19.1 Å². The number of aromatic nitrogens is 1. The van der Waals surface area contributed by atoms with Crippen molar-refractivity contribution >= 4 is 16.8 Å². The summed E-state index contributed by atoms with van der Waals surface area (Å²) in [6.07, 6.45) is 4.06. The number of pyridine rings is 1. The third kappa shape index (κ3) is 2.05. The normalized spacial score (nSPS) is 12.5. The number of hydrogen-bond acceptors (Lipinski definition) is 2. The summed E-state index contributed by atoms with van der Waals surface area (Å²) in [4.78, 5) is 14.8. The van der Waals surface area contributed by atoms with Crippen molar-refractivity contribution in [2.45, 2.75) is 19.3 Å². The fourth-order valence-electron chi connectivity index (χ4n) is 1.12. The number of carbonyl (C=O) groups excluding carboxylic acids is 1. The summed E-state index contributed by atoms with van der Waals surface area (Å²) >= 11 is 5.42. The first-order valence-corrected chi connectivity index (χ1v) is 4.22. The minimum Gasteiger partial charge on any atom is -0.281 e. The summed E-state index contributed by atoms with van der Waals surface area (Å²) in [5, 5.41) is -0.302. The number of halogens is 1. The van der Waals surface area contributed by atoms with Crippen molar-refractivity contribution in [2.24, 2.45) is 0 Å². The molecule has 0 fully saturated rings. The van der Waals surface area contributed by atoms with E-state index in [0.29, 0.717) is 0 Å². The first-order valence-electron chi connectivity index (χ1n) is 3.85. The minimum absolute atomic E-state index is 0.185. The predicted octanol–water partition coefficient (Wildman–Crippen LogP) is 2.34. The SMILES string of the molecule is CCC(C(=O)Cl)c1ccncc1. The van der Waals surface area contributed by atoms with Crippen LogP contribution in [-0.4, -0.2) is 10.2 Å². The van der Waals surface area contributed by atoms with Crippen LogP contribution in [0.3, 0.4) is 0 Å². The predicted molar refractivity (Wildman–Crippen MR) is 48.1 cm³/mol. The standard InChI is InChI=1S/C9H10ClNO/c1-2-8(9(10)12)7-3-5-11-6-4-7/h3-6,8H,2H2,1H3. The Kier molecular flexibility index (Phi) is 3.23. The first kappa shape index (κ1) is 9.20. The van der Waals surface area contributed by atoms with Gasteiger partial charge in [-0.3, -0.25) is 9.78 Å². The van der Waals surface area contributed by atoms with E-state index in [4.69, 9.17) is 11.6 Å². The third-order valence-corrected chi connectivity index (χ3v) is 2.05. The molecule has 0 aliphatic carbocycles. The molecule has 0 N–H and O–H groups in total. The van der Waals surface area contributed by atoms with Crippen LogP contribution in [0.2, 0.25) is 0 Å². The Balaban J connectivity index is 2.88. The van der Waals surface area contributed by atoms with Crippen LogP contribution in [0.5, 0.6) is 0 Å². The highest BCUT2D eigenvalue weighted by Crippen LogP contribution is 2.20. The van der Waals surface area contributed by atoms with Gasteiger partial charge in [0.15, 0.2) is 0 Å². The zero-order chi connectivity index (χ0) is 8.97. The van der Waals surface area contributed by atoms with Gasteiger partial charge in [0, 0.05) is 12.4 Å². The van der Waals surface area contributed by atoms with Gasteiger partial charge in [0.2, 0.25) is 5.24 Å². The van der Waals surface area contributed by atoms with E-state index in [1.165, 1.54) is 0 Å². The van der Waals surface area contributed by atoms with Gasteiger partial charge in [0.1, 0.15) is 0 Å². The fraction of sp³-hybridized carbons (Fsp3) is 0.333. The second-order valence-corrected chi connectivity index (χ2v) is 2.92. The van der Waals surface area contributed by atoms with Crippen molar-refractivity contribution in [3.05, 3.63) is 30.1 Å². The maximum Gasteiger partial charge on any atom is 0.229 e. The van der Waals surface area contributed by atoms with E-state index in [-0.39, 0.29) is 11.2 Å². The lowest BCUT2D eigenvalue weighted by atomic mass is 9.99. The van der Waals surface area contributed by atoms with Gasteiger partial charge >= 0.3 is 0 Å². The van der Waals surface area contributed by atoms with Crippen molar-refractivity contribution < 1.29 is 4.79 Å². The zero-order valence-electron chi connectivity index (χ0n) is 6.83. The van der Waals surface area contributed by atoms with Crippen molar-refractivity contribution in [3.63, 3.8) is 0 Å². The lowest BCUT2D eigenvalue weighted by Crippen LogP contribution is -2.04. The second kappa shape index (κ2) is 4.21. The Bertz CT molecular complexity index is 260. The molecule has 0 radical (unpaired) electrons. The first-order chi connectivity index (χ1) is 5.75. The highest BCUT2D eigenvalue weighted by Gasteiger charge is 2.15. The molecule has 0 aliphatic heterocycles. The van der Waals surface area contributed by atoms with E-state index in [9.17, 15) is 4.79 Å². The van der Waals surface area contributed by atoms with Gasteiger partial charge in [-0.2, -0.15) is 0 Å². The summed E-state index contributed by atoms with van der Waals surface area (Å²) in [6.45, 7) is 1.94. The molecule has 0 amide bonds. The molecular formula is C9H10ClNO. The second-order valence-electron chi connectivity index (χ2n) is 2.55.